The number of anilines is 2. The predicted octanol–water partition coefficient (Wildman–Crippen LogP) is 3.19. The van der Waals surface area contributed by atoms with E-state index in [1.807, 2.05) is 0 Å². The molecule has 0 aliphatic carbocycles. The molecular formula is C16H13N3O2. The molecule has 0 fully saturated rings. The lowest BCUT2D eigenvalue weighted by atomic mass is 10.1. The van der Waals surface area contributed by atoms with Gasteiger partial charge in [0.1, 0.15) is 12.1 Å². The van der Waals surface area contributed by atoms with Crippen LogP contribution in [0.25, 0.3) is 0 Å². The maximum atomic E-state index is 9.16. The highest BCUT2D eigenvalue weighted by atomic mass is 16.5. The molecule has 0 heterocycles. The van der Waals surface area contributed by atoms with E-state index in [0.29, 0.717) is 34.0 Å². The third kappa shape index (κ3) is 2.88. The summed E-state index contributed by atoms with van der Waals surface area (Å²) < 4.78 is 10.4. The maximum Gasteiger partial charge on any atom is 0.162 e. The first kappa shape index (κ1) is 14.2. The van der Waals surface area contributed by atoms with E-state index in [9.17, 15) is 0 Å². The zero-order valence-corrected chi connectivity index (χ0v) is 11.7. The third-order valence-electron chi connectivity index (χ3n) is 2.96. The first-order valence-corrected chi connectivity index (χ1v) is 6.15. The van der Waals surface area contributed by atoms with Crippen LogP contribution in [0, 0.1) is 22.7 Å². The predicted molar refractivity (Wildman–Crippen MR) is 78.7 cm³/mol. The van der Waals surface area contributed by atoms with Crippen LogP contribution in [0.3, 0.4) is 0 Å². The van der Waals surface area contributed by atoms with Gasteiger partial charge in [-0.05, 0) is 24.3 Å². The van der Waals surface area contributed by atoms with E-state index < -0.39 is 0 Å². The van der Waals surface area contributed by atoms with E-state index in [4.69, 9.17) is 20.0 Å². The summed E-state index contributed by atoms with van der Waals surface area (Å²) in [5, 5.41) is 21.4. The van der Waals surface area contributed by atoms with Gasteiger partial charge in [0, 0.05) is 11.8 Å². The molecule has 0 unspecified atom stereocenters. The van der Waals surface area contributed by atoms with Crippen LogP contribution in [0.1, 0.15) is 11.1 Å². The number of rotatable bonds is 4. The topological polar surface area (TPSA) is 78.1 Å². The number of hydrogen-bond donors (Lipinski definition) is 1. The van der Waals surface area contributed by atoms with Gasteiger partial charge >= 0.3 is 0 Å². The lowest BCUT2D eigenvalue weighted by Gasteiger charge is -2.13. The smallest absolute Gasteiger partial charge is 0.162 e. The van der Waals surface area contributed by atoms with Gasteiger partial charge in [-0.1, -0.05) is 6.07 Å². The van der Waals surface area contributed by atoms with Gasteiger partial charge in [0.05, 0.1) is 31.0 Å². The van der Waals surface area contributed by atoms with Crippen LogP contribution in [0.2, 0.25) is 0 Å². The van der Waals surface area contributed by atoms with E-state index in [2.05, 4.69) is 17.5 Å². The van der Waals surface area contributed by atoms with Crippen molar-refractivity contribution in [2.75, 3.05) is 19.5 Å². The largest absolute Gasteiger partial charge is 0.493 e. The molecule has 21 heavy (non-hydrogen) atoms. The van der Waals surface area contributed by atoms with Gasteiger partial charge in [-0.3, -0.25) is 0 Å². The van der Waals surface area contributed by atoms with Gasteiger partial charge in [-0.15, -0.1) is 0 Å². The van der Waals surface area contributed by atoms with Crippen LogP contribution in [0.4, 0.5) is 11.4 Å². The Kier molecular flexibility index (Phi) is 4.28. The molecular weight excluding hydrogens is 266 g/mol. The third-order valence-corrected chi connectivity index (χ3v) is 2.96. The Morgan fingerprint density at radius 2 is 1.52 bits per heavy atom. The number of hydrogen-bond acceptors (Lipinski definition) is 5. The maximum absolute atomic E-state index is 9.16. The minimum absolute atomic E-state index is 0.406. The summed E-state index contributed by atoms with van der Waals surface area (Å²) in [5.41, 5.74) is 1.99. The fraction of sp³-hybridized carbons (Fsp3) is 0.125. The van der Waals surface area contributed by atoms with Gasteiger partial charge in [0.15, 0.2) is 11.5 Å². The SMILES string of the molecule is COc1ccc(Nc2c(C#N)cccc2C#N)cc1OC. The van der Waals surface area contributed by atoms with Crippen molar-refractivity contribution in [3.63, 3.8) is 0 Å². The summed E-state index contributed by atoms with van der Waals surface area (Å²) in [7, 11) is 3.11. The van der Waals surface area contributed by atoms with E-state index in [-0.39, 0.29) is 0 Å². The molecule has 2 rings (SSSR count). The number of benzene rings is 2. The van der Waals surface area contributed by atoms with Gasteiger partial charge in [-0.25, -0.2) is 0 Å². The van der Waals surface area contributed by atoms with Crippen LogP contribution >= 0.6 is 0 Å². The van der Waals surface area contributed by atoms with Crippen LogP contribution in [0.5, 0.6) is 11.5 Å². The summed E-state index contributed by atoms with van der Waals surface area (Å²) in [4.78, 5) is 0. The Morgan fingerprint density at radius 3 is 2.05 bits per heavy atom. The molecule has 0 atom stereocenters. The molecule has 1 N–H and O–H groups in total. The summed E-state index contributed by atoms with van der Waals surface area (Å²) in [6.07, 6.45) is 0. The van der Waals surface area contributed by atoms with Crippen molar-refractivity contribution in [1.29, 1.82) is 10.5 Å². The highest BCUT2D eigenvalue weighted by Gasteiger charge is 2.10. The summed E-state index contributed by atoms with van der Waals surface area (Å²) >= 11 is 0. The van der Waals surface area contributed by atoms with Crippen LogP contribution < -0.4 is 14.8 Å². The molecule has 0 aliphatic heterocycles. The highest BCUT2D eigenvalue weighted by Crippen LogP contribution is 2.32. The Bertz CT molecular complexity index is 710. The van der Waals surface area contributed by atoms with Crippen LogP contribution in [-0.4, -0.2) is 14.2 Å². The minimum atomic E-state index is 0.406. The number of ether oxygens (including phenoxy) is 2. The summed E-state index contributed by atoms with van der Waals surface area (Å²) in [6.45, 7) is 0. The van der Waals surface area contributed by atoms with Crippen molar-refractivity contribution in [3.8, 4) is 23.6 Å². The molecule has 0 bridgehead atoms. The quantitative estimate of drug-likeness (QED) is 0.929. The molecule has 0 radical (unpaired) electrons. The standard InChI is InChI=1S/C16H13N3O2/c1-20-14-7-6-13(8-15(14)21-2)19-16-11(9-17)4-3-5-12(16)10-18/h3-8,19H,1-2H3. The molecule has 0 saturated heterocycles. The molecule has 5 nitrogen and oxygen atoms in total. The number of nitrogens with one attached hydrogen (secondary N) is 1. The molecule has 0 amide bonds. The molecule has 5 heteroatoms. The van der Waals surface area contributed by atoms with Crippen molar-refractivity contribution in [1.82, 2.24) is 0 Å². The number of para-hydroxylation sites is 1. The van der Waals surface area contributed by atoms with Crippen molar-refractivity contribution in [2.24, 2.45) is 0 Å². The van der Waals surface area contributed by atoms with Crippen molar-refractivity contribution in [2.45, 2.75) is 0 Å². The number of nitriles is 2. The van der Waals surface area contributed by atoms with Crippen molar-refractivity contribution >= 4 is 11.4 Å². The Hall–Kier alpha value is -3.18. The molecule has 0 aromatic heterocycles. The lowest BCUT2D eigenvalue weighted by molar-refractivity contribution is 0.355. The molecule has 2 aromatic rings. The summed E-state index contributed by atoms with van der Waals surface area (Å²) in [6, 6.07) is 14.4. The Balaban J connectivity index is 2.44. The zero-order valence-electron chi connectivity index (χ0n) is 11.7. The van der Waals surface area contributed by atoms with Gasteiger partial charge in [0.2, 0.25) is 0 Å². The van der Waals surface area contributed by atoms with E-state index in [1.54, 1.807) is 50.6 Å². The average Bonchev–Trinajstić information content (AvgIpc) is 2.54. The second-order valence-corrected chi connectivity index (χ2v) is 4.15. The Morgan fingerprint density at radius 1 is 0.905 bits per heavy atom. The Labute approximate surface area is 123 Å². The molecule has 0 spiro atoms. The van der Waals surface area contributed by atoms with Crippen LogP contribution in [0.15, 0.2) is 36.4 Å². The zero-order chi connectivity index (χ0) is 15.2. The fourth-order valence-electron chi connectivity index (χ4n) is 1.93. The van der Waals surface area contributed by atoms with Crippen LogP contribution in [-0.2, 0) is 0 Å². The lowest BCUT2D eigenvalue weighted by Crippen LogP contribution is -1.98. The van der Waals surface area contributed by atoms with Crippen molar-refractivity contribution in [3.05, 3.63) is 47.5 Å². The molecule has 0 aliphatic rings. The monoisotopic (exact) mass is 279 g/mol. The normalized spacial score (nSPS) is 9.33. The van der Waals surface area contributed by atoms with Gasteiger partial charge < -0.3 is 14.8 Å². The van der Waals surface area contributed by atoms with E-state index in [0.717, 1.165) is 0 Å². The number of methoxy groups -OCH3 is 2. The first-order valence-electron chi connectivity index (χ1n) is 6.15. The molecule has 2 aromatic carbocycles. The fourth-order valence-corrected chi connectivity index (χ4v) is 1.93. The van der Waals surface area contributed by atoms with Gasteiger partial charge in [-0.2, -0.15) is 10.5 Å². The van der Waals surface area contributed by atoms with E-state index >= 15 is 0 Å². The average molecular weight is 279 g/mol. The molecule has 0 saturated carbocycles. The first-order chi connectivity index (χ1) is 10.2. The highest BCUT2D eigenvalue weighted by molar-refractivity contribution is 5.73. The van der Waals surface area contributed by atoms with Gasteiger partial charge in [0.25, 0.3) is 0 Å². The van der Waals surface area contributed by atoms with E-state index in [1.165, 1.54) is 0 Å². The second kappa shape index (κ2) is 6.31. The van der Waals surface area contributed by atoms with Crippen molar-refractivity contribution < 1.29 is 9.47 Å². The minimum Gasteiger partial charge on any atom is -0.493 e. The second-order valence-electron chi connectivity index (χ2n) is 4.15. The molecule has 104 valence electrons. The number of nitrogens with zero attached hydrogens (tertiary/aromatic N) is 2. The summed E-state index contributed by atoms with van der Waals surface area (Å²) in [5.74, 6) is 1.17.